The molecule has 1 aliphatic carbocycles. The number of hydrogen-bond acceptors (Lipinski definition) is 1. The third-order valence-corrected chi connectivity index (χ3v) is 3.95. The van der Waals surface area contributed by atoms with E-state index in [1.165, 1.54) is 25.7 Å². The molecule has 17 heavy (non-hydrogen) atoms. The lowest BCUT2D eigenvalue weighted by atomic mass is 9.89. The van der Waals surface area contributed by atoms with Crippen LogP contribution in [0, 0.1) is 11.8 Å². The van der Waals surface area contributed by atoms with Crippen LogP contribution in [0.2, 0.25) is 5.02 Å². The average molecular weight is 251 g/mol. The summed E-state index contributed by atoms with van der Waals surface area (Å²) in [5.74, 6) is 1.11. The Morgan fingerprint density at radius 1 is 1.41 bits per heavy atom. The molecular formula is C15H19ClO. The molecule has 2 heteroatoms. The van der Waals surface area contributed by atoms with Crippen molar-refractivity contribution in [3.05, 3.63) is 34.9 Å². The van der Waals surface area contributed by atoms with Crippen molar-refractivity contribution in [1.82, 2.24) is 0 Å². The van der Waals surface area contributed by atoms with Gasteiger partial charge in [0.05, 0.1) is 0 Å². The van der Waals surface area contributed by atoms with Crippen molar-refractivity contribution in [3.8, 4) is 0 Å². The maximum absolute atomic E-state index is 12.2. The van der Waals surface area contributed by atoms with Gasteiger partial charge in [-0.25, -0.2) is 0 Å². The van der Waals surface area contributed by atoms with Crippen LogP contribution in [0.3, 0.4) is 0 Å². The van der Waals surface area contributed by atoms with Gasteiger partial charge in [-0.3, -0.25) is 4.79 Å². The van der Waals surface area contributed by atoms with Crippen molar-refractivity contribution in [2.75, 3.05) is 0 Å². The largest absolute Gasteiger partial charge is 0.294 e. The van der Waals surface area contributed by atoms with Crippen LogP contribution in [0.4, 0.5) is 0 Å². The summed E-state index contributed by atoms with van der Waals surface area (Å²) in [7, 11) is 0. The molecule has 1 fully saturated rings. The van der Waals surface area contributed by atoms with Crippen LogP contribution in [-0.4, -0.2) is 5.78 Å². The van der Waals surface area contributed by atoms with Crippen molar-refractivity contribution in [3.63, 3.8) is 0 Å². The first kappa shape index (κ1) is 12.6. The van der Waals surface area contributed by atoms with Gasteiger partial charge in [0.25, 0.3) is 0 Å². The fourth-order valence-corrected chi connectivity index (χ4v) is 2.97. The zero-order valence-corrected chi connectivity index (χ0v) is 11.0. The fraction of sp³-hybridized carbons (Fsp3) is 0.533. The Balaban J connectivity index is 1.98. The summed E-state index contributed by atoms with van der Waals surface area (Å²) >= 11 is 5.91. The summed E-state index contributed by atoms with van der Waals surface area (Å²) in [4.78, 5) is 12.2. The van der Waals surface area contributed by atoms with E-state index in [9.17, 15) is 4.79 Å². The average Bonchev–Trinajstić information content (AvgIpc) is 2.80. The number of halogens is 1. The molecule has 0 spiro atoms. The van der Waals surface area contributed by atoms with Crippen LogP contribution >= 0.6 is 11.6 Å². The van der Waals surface area contributed by atoms with Crippen molar-refractivity contribution >= 4 is 17.4 Å². The van der Waals surface area contributed by atoms with Gasteiger partial charge in [0, 0.05) is 16.5 Å². The third kappa shape index (κ3) is 3.32. The number of ketones is 1. The van der Waals surface area contributed by atoms with Gasteiger partial charge in [-0.05, 0) is 24.5 Å². The predicted octanol–water partition coefficient (Wildman–Crippen LogP) is 4.74. The van der Waals surface area contributed by atoms with E-state index >= 15 is 0 Å². The van der Waals surface area contributed by atoms with Gasteiger partial charge < -0.3 is 0 Å². The predicted molar refractivity (Wildman–Crippen MR) is 71.5 cm³/mol. The van der Waals surface area contributed by atoms with E-state index in [0.29, 0.717) is 5.02 Å². The standard InChI is InChI=1S/C15H19ClO/c1-11(9-12-5-2-3-6-12)15(17)13-7-4-8-14(16)10-13/h4,7-8,10-12H,2-3,5-6,9H2,1H3. The Morgan fingerprint density at radius 2 is 2.12 bits per heavy atom. The van der Waals surface area contributed by atoms with E-state index in [1.807, 2.05) is 19.1 Å². The summed E-state index contributed by atoms with van der Waals surface area (Å²) in [5.41, 5.74) is 0.753. The van der Waals surface area contributed by atoms with Crippen LogP contribution in [0.15, 0.2) is 24.3 Å². The van der Waals surface area contributed by atoms with Gasteiger partial charge in [-0.1, -0.05) is 56.3 Å². The second-order valence-electron chi connectivity index (χ2n) is 5.16. The topological polar surface area (TPSA) is 17.1 Å². The Hall–Kier alpha value is -0.820. The van der Waals surface area contributed by atoms with Crippen LogP contribution < -0.4 is 0 Å². The molecule has 1 aromatic carbocycles. The molecule has 0 saturated heterocycles. The highest BCUT2D eigenvalue weighted by atomic mass is 35.5. The van der Waals surface area contributed by atoms with E-state index < -0.39 is 0 Å². The molecule has 0 amide bonds. The Bertz CT molecular complexity index is 394. The molecule has 1 saturated carbocycles. The highest BCUT2D eigenvalue weighted by molar-refractivity contribution is 6.31. The lowest BCUT2D eigenvalue weighted by Gasteiger charge is -2.15. The maximum Gasteiger partial charge on any atom is 0.165 e. The summed E-state index contributed by atoms with van der Waals surface area (Å²) in [5, 5.41) is 0.643. The first-order valence-corrected chi connectivity index (χ1v) is 6.84. The lowest BCUT2D eigenvalue weighted by Crippen LogP contribution is -2.14. The Kier molecular flexibility index (Phi) is 4.22. The number of Topliss-reactive ketones (excluding diaryl/α,β-unsaturated/α-hetero) is 1. The third-order valence-electron chi connectivity index (χ3n) is 3.72. The highest BCUT2D eigenvalue weighted by Crippen LogP contribution is 2.31. The van der Waals surface area contributed by atoms with Crippen LogP contribution in [0.25, 0.3) is 0 Å². The zero-order chi connectivity index (χ0) is 12.3. The van der Waals surface area contributed by atoms with Gasteiger partial charge in [0.2, 0.25) is 0 Å². The first-order valence-electron chi connectivity index (χ1n) is 6.46. The molecular weight excluding hydrogens is 232 g/mol. The number of carbonyl (C=O) groups is 1. The summed E-state index contributed by atoms with van der Waals surface area (Å²) in [6.07, 6.45) is 6.30. The molecule has 0 bridgehead atoms. The van der Waals surface area contributed by atoms with Crippen molar-refractivity contribution in [1.29, 1.82) is 0 Å². The molecule has 0 aliphatic heterocycles. The second-order valence-corrected chi connectivity index (χ2v) is 5.60. The molecule has 1 unspecified atom stereocenters. The molecule has 0 N–H and O–H groups in total. The lowest BCUT2D eigenvalue weighted by molar-refractivity contribution is 0.0912. The van der Waals surface area contributed by atoms with Gasteiger partial charge in [-0.15, -0.1) is 0 Å². The highest BCUT2D eigenvalue weighted by Gasteiger charge is 2.22. The second kappa shape index (κ2) is 5.68. The summed E-state index contributed by atoms with van der Waals surface area (Å²) < 4.78 is 0. The molecule has 1 aliphatic rings. The van der Waals surface area contributed by atoms with Gasteiger partial charge in [0.1, 0.15) is 0 Å². The quantitative estimate of drug-likeness (QED) is 0.706. The molecule has 1 atom stereocenters. The monoisotopic (exact) mass is 250 g/mol. The van der Waals surface area contributed by atoms with Crippen molar-refractivity contribution < 1.29 is 4.79 Å². The van der Waals surface area contributed by atoms with Crippen molar-refractivity contribution in [2.24, 2.45) is 11.8 Å². The summed E-state index contributed by atoms with van der Waals surface area (Å²) in [6.45, 7) is 2.04. The minimum absolute atomic E-state index is 0.122. The molecule has 1 aromatic rings. The number of benzene rings is 1. The minimum Gasteiger partial charge on any atom is -0.294 e. The normalized spacial score (nSPS) is 18.2. The number of rotatable bonds is 4. The first-order chi connectivity index (χ1) is 8.16. The zero-order valence-electron chi connectivity index (χ0n) is 10.3. The molecule has 0 heterocycles. The van der Waals surface area contributed by atoms with E-state index in [0.717, 1.165) is 17.9 Å². The summed E-state index contributed by atoms with van der Waals surface area (Å²) in [6, 6.07) is 7.28. The van der Waals surface area contributed by atoms with E-state index in [2.05, 4.69) is 0 Å². The van der Waals surface area contributed by atoms with Crippen LogP contribution in [0.1, 0.15) is 49.4 Å². The molecule has 0 radical (unpaired) electrons. The Morgan fingerprint density at radius 3 is 2.76 bits per heavy atom. The molecule has 1 nitrogen and oxygen atoms in total. The minimum atomic E-state index is 0.122. The number of hydrogen-bond donors (Lipinski definition) is 0. The van der Waals surface area contributed by atoms with Gasteiger partial charge >= 0.3 is 0 Å². The van der Waals surface area contributed by atoms with E-state index in [-0.39, 0.29) is 11.7 Å². The SMILES string of the molecule is CC(CC1CCCC1)C(=O)c1cccc(Cl)c1. The fourth-order valence-electron chi connectivity index (χ4n) is 2.78. The van der Waals surface area contributed by atoms with Gasteiger partial charge in [-0.2, -0.15) is 0 Å². The molecule has 2 rings (SSSR count). The van der Waals surface area contributed by atoms with E-state index in [4.69, 9.17) is 11.6 Å². The van der Waals surface area contributed by atoms with Gasteiger partial charge in [0.15, 0.2) is 5.78 Å². The maximum atomic E-state index is 12.2. The smallest absolute Gasteiger partial charge is 0.165 e. The molecule has 92 valence electrons. The van der Waals surface area contributed by atoms with Crippen molar-refractivity contribution in [2.45, 2.75) is 39.0 Å². The van der Waals surface area contributed by atoms with Crippen LogP contribution in [-0.2, 0) is 0 Å². The molecule has 0 aromatic heterocycles. The Labute approximate surface area is 108 Å². The van der Waals surface area contributed by atoms with E-state index in [1.54, 1.807) is 12.1 Å². The number of carbonyl (C=O) groups excluding carboxylic acids is 1. The van der Waals surface area contributed by atoms with Crippen LogP contribution in [0.5, 0.6) is 0 Å².